The maximum atomic E-state index is 12.2. The highest BCUT2D eigenvalue weighted by Gasteiger charge is 2.30. The fraction of sp³-hybridized carbons (Fsp3) is 0.562. The van der Waals surface area contributed by atoms with Crippen molar-refractivity contribution in [3.05, 3.63) is 30.2 Å². The van der Waals surface area contributed by atoms with Crippen molar-refractivity contribution in [3.63, 3.8) is 0 Å². The number of hydrogen-bond acceptors (Lipinski definition) is 6. The van der Waals surface area contributed by atoms with Crippen molar-refractivity contribution in [1.29, 1.82) is 0 Å². The molecule has 9 nitrogen and oxygen atoms in total. The van der Waals surface area contributed by atoms with Gasteiger partial charge in [0.1, 0.15) is 11.3 Å². The number of nitrogens with one attached hydrogen (secondary N) is 2. The van der Waals surface area contributed by atoms with Crippen molar-refractivity contribution in [3.8, 4) is 0 Å². The van der Waals surface area contributed by atoms with Crippen LogP contribution in [0.25, 0.3) is 0 Å². The van der Waals surface area contributed by atoms with Gasteiger partial charge in [-0.05, 0) is 38.8 Å². The molecule has 2 aromatic heterocycles. The molecule has 0 saturated heterocycles. The van der Waals surface area contributed by atoms with Gasteiger partial charge in [-0.1, -0.05) is 18.1 Å². The fourth-order valence-corrected chi connectivity index (χ4v) is 3.00. The van der Waals surface area contributed by atoms with Crippen LogP contribution >= 0.6 is 0 Å². The summed E-state index contributed by atoms with van der Waals surface area (Å²) >= 11 is 0. The zero-order chi connectivity index (χ0) is 17.9. The van der Waals surface area contributed by atoms with Crippen LogP contribution in [0.2, 0.25) is 0 Å². The second kappa shape index (κ2) is 7.14. The van der Waals surface area contributed by atoms with Crippen LogP contribution in [0.3, 0.4) is 0 Å². The zero-order valence-electron chi connectivity index (χ0n) is 14.4. The largest absolute Gasteiger partial charge is 0.384 e. The highest BCUT2D eigenvalue weighted by molar-refractivity contribution is 5.88. The third kappa shape index (κ3) is 4.30. The molecule has 2 atom stereocenters. The summed E-state index contributed by atoms with van der Waals surface area (Å²) in [6, 6.07) is 3.00. The molecule has 1 fully saturated rings. The average molecular weight is 345 g/mol. The van der Waals surface area contributed by atoms with Gasteiger partial charge in [0.15, 0.2) is 5.82 Å². The molecular weight excluding hydrogens is 322 g/mol. The van der Waals surface area contributed by atoms with Gasteiger partial charge in [-0.15, -0.1) is 10.2 Å². The lowest BCUT2D eigenvalue weighted by Crippen LogP contribution is -2.45. The van der Waals surface area contributed by atoms with Gasteiger partial charge < -0.3 is 10.4 Å². The van der Waals surface area contributed by atoms with E-state index < -0.39 is 5.60 Å². The standard InChI is InChI=1S/C16H23N7O2/c1-16(2,25)13-10-23(22-20-13)12-7-4-3-6-11(12)18-15(24)19-14-8-5-9-17-21-14/h5,8-12,25H,3-4,6-7H2,1-2H3,(H2,18,19,21,24)/t11-,12+/m0/s1. The fourth-order valence-electron chi connectivity index (χ4n) is 3.00. The van der Waals surface area contributed by atoms with E-state index in [1.807, 2.05) is 0 Å². The molecule has 3 rings (SSSR count). The van der Waals surface area contributed by atoms with Crippen molar-refractivity contribution >= 4 is 11.8 Å². The molecule has 0 spiro atoms. The molecule has 0 bridgehead atoms. The predicted octanol–water partition coefficient (Wildman–Crippen LogP) is 1.60. The molecule has 0 radical (unpaired) electrons. The second-order valence-electron chi connectivity index (χ2n) is 6.81. The Bertz CT molecular complexity index is 711. The monoisotopic (exact) mass is 345 g/mol. The number of carbonyl (C=O) groups excluding carboxylic acids is 1. The summed E-state index contributed by atoms with van der Waals surface area (Å²) < 4.78 is 1.75. The molecule has 2 heterocycles. The van der Waals surface area contributed by atoms with E-state index in [4.69, 9.17) is 0 Å². The van der Waals surface area contributed by atoms with Gasteiger partial charge >= 0.3 is 6.03 Å². The molecule has 2 amide bonds. The SMILES string of the molecule is CC(C)(O)c1cn([C@@H]2CCCC[C@@H]2NC(=O)Nc2cccnn2)nn1. The highest BCUT2D eigenvalue weighted by Crippen LogP contribution is 2.29. The van der Waals surface area contributed by atoms with E-state index >= 15 is 0 Å². The Kier molecular flexibility index (Phi) is 4.93. The lowest BCUT2D eigenvalue weighted by molar-refractivity contribution is 0.0736. The summed E-state index contributed by atoms with van der Waals surface area (Å²) in [5, 5.41) is 31.5. The van der Waals surface area contributed by atoms with Gasteiger partial charge in [-0.2, -0.15) is 5.10 Å². The van der Waals surface area contributed by atoms with Crippen LogP contribution in [0.5, 0.6) is 0 Å². The zero-order valence-corrected chi connectivity index (χ0v) is 14.4. The average Bonchev–Trinajstić information content (AvgIpc) is 3.06. The van der Waals surface area contributed by atoms with Crippen LogP contribution in [0.4, 0.5) is 10.6 Å². The number of aromatic nitrogens is 5. The summed E-state index contributed by atoms with van der Waals surface area (Å²) in [5.41, 5.74) is -0.528. The van der Waals surface area contributed by atoms with Gasteiger partial charge in [0.25, 0.3) is 0 Å². The number of anilines is 1. The van der Waals surface area contributed by atoms with Crippen molar-refractivity contribution < 1.29 is 9.90 Å². The first kappa shape index (κ1) is 17.3. The number of amides is 2. The minimum absolute atomic E-state index is 0.00459. The van der Waals surface area contributed by atoms with E-state index in [9.17, 15) is 9.90 Å². The van der Waals surface area contributed by atoms with E-state index in [0.29, 0.717) is 11.5 Å². The van der Waals surface area contributed by atoms with E-state index in [0.717, 1.165) is 25.7 Å². The third-order valence-corrected chi connectivity index (χ3v) is 4.34. The van der Waals surface area contributed by atoms with Gasteiger partial charge in [0.2, 0.25) is 0 Å². The minimum atomic E-state index is -1.04. The van der Waals surface area contributed by atoms with Gasteiger partial charge in [0, 0.05) is 6.20 Å². The number of hydrogen-bond donors (Lipinski definition) is 3. The Balaban J connectivity index is 1.68. The van der Waals surface area contributed by atoms with E-state index in [2.05, 4.69) is 31.1 Å². The lowest BCUT2D eigenvalue weighted by Gasteiger charge is -2.31. The van der Waals surface area contributed by atoms with Crippen molar-refractivity contribution in [2.24, 2.45) is 0 Å². The molecule has 134 valence electrons. The summed E-state index contributed by atoms with van der Waals surface area (Å²) in [6.45, 7) is 3.35. The lowest BCUT2D eigenvalue weighted by atomic mass is 9.90. The maximum absolute atomic E-state index is 12.2. The molecular formula is C16H23N7O2. The first-order valence-corrected chi connectivity index (χ1v) is 8.43. The van der Waals surface area contributed by atoms with Crippen LogP contribution in [-0.4, -0.2) is 42.4 Å². The van der Waals surface area contributed by atoms with Crippen LogP contribution in [-0.2, 0) is 5.60 Å². The summed E-state index contributed by atoms with van der Waals surface area (Å²) in [7, 11) is 0. The minimum Gasteiger partial charge on any atom is -0.384 e. The Morgan fingerprint density at radius 3 is 2.80 bits per heavy atom. The van der Waals surface area contributed by atoms with Gasteiger partial charge in [0.05, 0.1) is 18.3 Å². The highest BCUT2D eigenvalue weighted by atomic mass is 16.3. The van der Waals surface area contributed by atoms with E-state index in [-0.39, 0.29) is 18.1 Å². The normalized spacial score (nSPS) is 20.9. The summed E-state index contributed by atoms with van der Waals surface area (Å²) in [6.07, 6.45) is 7.16. The second-order valence-corrected chi connectivity index (χ2v) is 6.81. The van der Waals surface area contributed by atoms with Crippen molar-refractivity contribution in [2.45, 2.75) is 57.2 Å². The Morgan fingerprint density at radius 2 is 2.12 bits per heavy atom. The van der Waals surface area contributed by atoms with Crippen LogP contribution in [0.15, 0.2) is 24.5 Å². The van der Waals surface area contributed by atoms with Gasteiger partial charge in [-0.3, -0.25) is 5.32 Å². The quantitative estimate of drug-likeness (QED) is 0.775. The van der Waals surface area contributed by atoms with Crippen molar-refractivity contribution in [2.75, 3.05) is 5.32 Å². The molecule has 0 unspecified atom stereocenters. The first-order chi connectivity index (χ1) is 11.9. The number of carbonyl (C=O) groups is 1. The topological polar surface area (TPSA) is 118 Å². The van der Waals surface area contributed by atoms with Crippen LogP contribution in [0, 0.1) is 0 Å². The molecule has 2 aromatic rings. The molecule has 1 saturated carbocycles. The molecule has 0 aliphatic heterocycles. The molecule has 3 N–H and O–H groups in total. The molecule has 1 aliphatic carbocycles. The van der Waals surface area contributed by atoms with E-state index in [1.165, 1.54) is 0 Å². The summed E-state index contributed by atoms with van der Waals surface area (Å²) in [4.78, 5) is 12.2. The number of rotatable bonds is 4. The van der Waals surface area contributed by atoms with Crippen molar-refractivity contribution in [1.82, 2.24) is 30.5 Å². The smallest absolute Gasteiger partial charge is 0.320 e. The third-order valence-electron chi connectivity index (χ3n) is 4.34. The van der Waals surface area contributed by atoms with Gasteiger partial charge in [-0.25, -0.2) is 9.48 Å². The Hall–Kier alpha value is -2.55. The Morgan fingerprint density at radius 1 is 1.32 bits per heavy atom. The number of urea groups is 1. The maximum Gasteiger partial charge on any atom is 0.320 e. The van der Waals surface area contributed by atoms with Crippen LogP contribution < -0.4 is 10.6 Å². The molecule has 0 aromatic carbocycles. The number of nitrogens with zero attached hydrogens (tertiary/aromatic N) is 5. The van der Waals surface area contributed by atoms with Crippen LogP contribution in [0.1, 0.15) is 51.3 Å². The molecule has 25 heavy (non-hydrogen) atoms. The van der Waals surface area contributed by atoms with E-state index in [1.54, 1.807) is 43.1 Å². The molecule has 1 aliphatic rings. The number of aliphatic hydroxyl groups is 1. The molecule has 9 heteroatoms. The first-order valence-electron chi connectivity index (χ1n) is 8.43. The Labute approximate surface area is 145 Å². The predicted molar refractivity (Wildman–Crippen MR) is 90.7 cm³/mol. The summed E-state index contributed by atoms with van der Waals surface area (Å²) in [5.74, 6) is 0.400.